The Labute approximate surface area is 627 Å². The average Bonchev–Trinajstić information content (AvgIpc) is 1.58. The summed E-state index contributed by atoms with van der Waals surface area (Å²) in [6, 6.07) is 126. The van der Waals surface area contributed by atoms with E-state index in [4.69, 9.17) is 29.9 Å². The van der Waals surface area contributed by atoms with E-state index in [9.17, 15) is 0 Å². The molecule has 8 nitrogen and oxygen atoms in total. The molecule has 19 aromatic rings. The molecule has 8 heteroatoms. The quantitative estimate of drug-likeness (QED) is 0.108. The third-order valence-corrected chi connectivity index (χ3v) is 20.8. The molecule has 0 N–H and O–H groups in total. The Balaban J connectivity index is 0.866. The predicted octanol–water partition coefficient (Wildman–Crippen LogP) is 25.5. The van der Waals surface area contributed by atoms with Gasteiger partial charge in [0, 0.05) is 66.2 Å². The minimum absolute atomic E-state index is 0.547. The predicted molar refractivity (Wildman–Crippen MR) is 446 cm³/mol. The molecular formula is C100H70N8. The third kappa shape index (κ3) is 12.3. The van der Waals surface area contributed by atoms with E-state index in [2.05, 4.69) is 316 Å². The molecule has 0 saturated carbocycles. The number of benzene rings is 15. The van der Waals surface area contributed by atoms with Gasteiger partial charge >= 0.3 is 0 Å². The van der Waals surface area contributed by atoms with Crippen LogP contribution in [0.1, 0.15) is 22.3 Å². The largest absolute Gasteiger partial charge is 0.309 e. The molecule has 0 aliphatic rings. The van der Waals surface area contributed by atoms with Gasteiger partial charge in [0.05, 0.1) is 27.8 Å². The summed E-state index contributed by atoms with van der Waals surface area (Å²) in [5, 5.41) is 4.59. The summed E-state index contributed by atoms with van der Waals surface area (Å²) in [6.45, 7) is 8.64. The van der Waals surface area contributed by atoms with Crippen LogP contribution in [0.4, 0.5) is 0 Å². The van der Waals surface area contributed by atoms with Crippen LogP contribution in [0.25, 0.3) is 190 Å². The van der Waals surface area contributed by atoms with Crippen molar-refractivity contribution in [3.05, 3.63) is 374 Å². The lowest BCUT2D eigenvalue weighted by Crippen LogP contribution is -2.02. The van der Waals surface area contributed by atoms with E-state index in [1.54, 1.807) is 0 Å². The van der Waals surface area contributed by atoms with Crippen LogP contribution in [0.3, 0.4) is 0 Å². The zero-order valence-corrected chi connectivity index (χ0v) is 60.1. The number of nitrogens with zero attached hydrogens (tertiary/aromatic N) is 8. The summed E-state index contributed by atoms with van der Waals surface area (Å²) in [7, 11) is 0. The highest BCUT2D eigenvalue weighted by Crippen LogP contribution is 2.45. The molecule has 0 unspecified atom stereocenters. The van der Waals surface area contributed by atoms with Gasteiger partial charge in [-0.2, -0.15) is 0 Å². The molecule has 0 fully saturated rings. The summed E-state index contributed by atoms with van der Waals surface area (Å²) in [6.07, 6.45) is 0. The average molecular weight is 1380 g/mol. The normalized spacial score (nSPS) is 11.5. The molecule has 0 amide bonds. The lowest BCUT2D eigenvalue weighted by molar-refractivity contribution is 1.07. The van der Waals surface area contributed by atoms with Crippen LogP contribution >= 0.6 is 0 Å². The molecular weight excluding hydrogens is 1310 g/mol. The van der Waals surface area contributed by atoms with Crippen molar-refractivity contribution in [1.29, 1.82) is 0 Å². The van der Waals surface area contributed by atoms with E-state index < -0.39 is 0 Å². The minimum atomic E-state index is 0.547. The van der Waals surface area contributed by atoms with Gasteiger partial charge in [-0.3, -0.25) is 0 Å². The van der Waals surface area contributed by atoms with Crippen molar-refractivity contribution in [1.82, 2.24) is 39.0 Å². The first kappa shape index (κ1) is 64.7. The van der Waals surface area contributed by atoms with Crippen LogP contribution in [-0.4, -0.2) is 39.0 Å². The van der Waals surface area contributed by atoms with E-state index >= 15 is 0 Å². The number of fused-ring (bicyclic) bond motifs is 6. The summed E-state index contributed by atoms with van der Waals surface area (Å²) in [5.74, 6) is 3.44. The molecule has 108 heavy (non-hydrogen) atoms. The van der Waals surface area contributed by atoms with E-state index in [1.807, 2.05) is 72.8 Å². The van der Waals surface area contributed by atoms with Crippen molar-refractivity contribution in [3.8, 4) is 146 Å². The first-order chi connectivity index (χ1) is 53.1. The lowest BCUT2D eigenvalue weighted by Gasteiger charge is -2.18. The van der Waals surface area contributed by atoms with Crippen molar-refractivity contribution in [3.63, 3.8) is 0 Å². The first-order valence-corrected chi connectivity index (χ1v) is 36.7. The fraction of sp³-hybridized carbons (Fsp3) is 0.0400. The maximum atomic E-state index is 5.43. The molecule has 510 valence electrons. The van der Waals surface area contributed by atoms with Crippen molar-refractivity contribution < 1.29 is 0 Å². The molecule has 0 aliphatic carbocycles. The fourth-order valence-electron chi connectivity index (χ4n) is 15.5. The van der Waals surface area contributed by atoms with Crippen LogP contribution in [0.5, 0.6) is 0 Å². The summed E-state index contributed by atoms with van der Waals surface area (Å²) >= 11 is 0. The second-order valence-corrected chi connectivity index (χ2v) is 28.2. The monoisotopic (exact) mass is 1380 g/mol. The van der Waals surface area contributed by atoms with Gasteiger partial charge in [0.15, 0.2) is 34.9 Å². The van der Waals surface area contributed by atoms with E-state index in [1.165, 1.54) is 44.5 Å². The molecule has 4 heterocycles. The van der Waals surface area contributed by atoms with Crippen LogP contribution in [0, 0.1) is 27.7 Å². The topological polar surface area (TPSA) is 87.2 Å². The van der Waals surface area contributed by atoms with E-state index in [-0.39, 0.29) is 0 Å². The molecule has 0 atom stereocenters. The van der Waals surface area contributed by atoms with Gasteiger partial charge < -0.3 is 9.13 Å². The van der Waals surface area contributed by atoms with Gasteiger partial charge in [-0.15, -0.1) is 0 Å². The Morgan fingerprint density at radius 2 is 0.444 bits per heavy atom. The first-order valence-electron chi connectivity index (χ1n) is 36.7. The van der Waals surface area contributed by atoms with Crippen LogP contribution in [0.15, 0.2) is 352 Å². The molecule has 4 aromatic heterocycles. The lowest BCUT2D eigenvalue weighted by atomic mass is 9.95. The molecule has 15 aromatic carbocycles. The van der Waals surface area contributed by atoms with Crippen molar-refractivity contribution in [2.24, 2.45) is 0 Å². The van der Waals surface area contributed by atoms with Crippen molar-refractivity contribution in [2.45, 2.75) is 27.7 Å². The van der Waals surface area contributed by atoms with Gasteiger partial charge in [0.1, 0.15) is 0 Å². The second kappa shape index (κ2) is 27.2. The zero-order valence-electron chi connectivity index (χ0n) is 60.1. The highest BCUT2D eigenvalue weighted by Gasteiger charge is 2.24. The van der Waals surface area contributed by atoms with Crippen LogP contribution in [-0.2, 0) is 0 Å². The maximum absolute atomic E-state index is 5.43. The standard InChI is InChI=1S/C100H70N8/c1-63-22-17-34-71(50-63)76-40-45-91-86(58-76)87-59-77(72-35-18-23-64(2)51-72)41-46-92(87)107(91)84-56-82(55-83(57-84)100-105-97(69-30-13-7-14-31-69)102-98(106-100)70-32-15-8-16-33-70)75-38-21-39-80(54-75)85-62-81(99-103-95(67-26-9-5-10-27-67)101-96(104-99)68-28-11-6-12-29-68)44-49-90(85)108-93-47-42-78(73-36-19-24-65(3)52-73)60-88(93)89-61-79(43-48-94(89)108)74-37-20-25-66(4)53-74/h5-62H,1-4H3. The maximum Gasteiger partial charge on any atom is 0.164 e. The van der Waals surface area contributed by atoms with E-state index in [0.717, 1.165) is 133 Å². The van der Waals surface area contributed by atoms with E-state index in [0.29, 0.717) is 34.9 Å². The number of rotatable bonds is 14. The van der Waals surface area contributed by atoms with Gasteiger partial charge in [0.2, 0.25) is 0 Å². The highest BCUT2D eigenvalue weighted by atomic mass is 15.1. The van der Waals surface area contributed by atoms with Crippen molar-refractivity contribution in [2.75, 3.05) is 0 Å². The van der Waals surface area contributed by atoms with Crippen molar-refractivity contribution >= 4 is 43.6 Å². The van der Waals surface area contributed by atoms with Gasteiger partial charge in [-0.05, 0) is 180 Å². The summed E-state index contributed by atoms with van der Waals surface area (Å²) in [4.78, 5) is 31.9. The zero-order chi connectivity index (χ0) is 72.3. The SMILES string of the molecule is Cc1cccc(-c2ccc3c(c2)c2cc(-c4cccc(C)c4)ccc2n3-c2cc(-c3cccc(-c4cc(-c5nc(-c6ccccc6)nc(-c6ccccc6)n5)ccc4-n4c5ccc(-c6cccc(C)c6)cc5c5cc(-c6cccc(C)c6)ccc54)c3)cc(-c3nc(-c4ccccc4)nc(-c4ccccc4)n3)c2)c1. The number of hydrogen-bond acceptors (Lipinski definition) is 6. The summed E-state index contributed by atoms with van der Waals surface area (Å²) < 4.78 is 4.89. The van der Waals surface area contributed by atoms with Crippen LogP contribution < -0.4 is 0 Å². The Hall–Kier alpha value is -14.1. The van der Waals surface area contributed by atoms with Gasteiger partial charge in [-0.1, -0.05) is 283 Å². The molecule has 0 radical (unpaired) electrons. The molecule has 0 bridgehead atoms. The number of aromatic nitrogens is 8. The molecule has 19 rings (SSSR count). The fourth-order valence-corrected chi connectivity index (χ4v) is 15.5. The van der Waals surface area contributed by atoms with Gasteiger partial charge in [-0.25, -0.2) is 29.9 Å². The molecule has 0 aliphatic heterocycles. The Morgan fingerprint density at radius 1 is 0.176 bits per heavy atom. The third-order valence-electron chi connectivity index (χ3n) is 20.8. The molecule has 0 spiro atoms. The van der Waals surface area contributed by atoms with Gasteiger partial charge in [0.25, 0.3) is 0 Å². The minimum Gasteiger partial charge on any atom is -0.309 e. The van der Waals surface area contributed by atoms with Crippen LogP contribution in [0.2, 0.25) is 0 Å². The number of aryl methyl sites for hydroxylation is 4. The smallest absolute Gasteiger partial charge is 0.164 e. The Kier molecular flexibility index (Phi) is 16.3. The molecule has 0 saturated heterocycles. The Bertz CT molecular complexity index is 6390. The second-order valence-electron chi connectivity index (χ2n) is 28.2. The highest BCUT2D eigenvalue weighted by molar-refractivity contribution is 6.14. The Morgan fingerprint density at radius 3 is 0.806 bits per heavy atom. The summed E-state index contributed by atoms with van der Waals surface area (Å²) in [5.41, 5.74) is 29.5. The number of hydrogen-bond donors (Lipinski definition) is 0.